The Morgan fingerprint density at radius 2 is 1.70 bits per heavy atom. The van der Waals surface area contributed by atoms with Gasteiger partial charge >= 0.3 is 0 Å². The Morgan fingerprint density at radius 3 is 2.37 bits per heavy atom. The van der Waals surface area contributed by atoms with Crippen molar-refractivity contribution in [2.75, 3.05) is 11.4 Å². The average molecular weight is 399 g/mol. The molecule has 2 heterocycles. The van der Waals surface area contributed by atoms with Gasteiger partial charge < -0.3 is 4.90 Å². The van der Waals surface area contributed by atoms with Gasteiger partial charge in [0.25, 0.3) is 0 Å². The molecule has 2 aromatic rings. The molecule has 30 heavy (non-hydrogen) atoms. The third-order valence-electron chi connectivity index (χ3n) is 6.49. The fourth-order valence-corrected chi connectivity index (χ4v) is 4.91. The van der Waals surface area contributed by atoms with E-state index in [0.29, 0.717) is 6.54 Å². The molecule has 4 rings (SSSR count). The molecule has 3 nitrogen and oxygen atoms in total. The van der Waals surface area contributed by atoms with E-state index in [0.717, 1.165) is 23.1 Å². The van der Waals surface area contributed by atoms with Crippen LogP contribution in [0.2, 0.25) is 0 Å². The summed E-state index contributed by atoms with van der Waals surface area (Å²) in [6.07, 6.45) is 6.42. The highest BCUT2D eigenvalue weighted by Gasteiger charge is 2.43. The van der Waals surface area contributed by atoms with Crippen LogP contribution in [0.25, 0.3) is 0 Å². The summed E-state index contributed by atoms with van der Waals surface area (Å²) in [4.78, 5) is 14.2. The van der Waals surface area contributed by atoms with E-state index < -0.39 is 0 Å². The zero-order chi connectivity index (χ0) is 21.7. The molecule has 0 aromatic heterocycles. The van der Waals surface area contributed by atoms with Crippen molar-refractivity contribution in [3.8, 4) is 0 Å². The lowest BCUT2D eigenvalue weighted by Gasteiger charge is -2.27. The van der Waals surface area contributed by atoms with Crippen molar-refractivity contribution in [1.82, 2.24) is 0 Å². The van der Waals surface area contributed by atoms with E-state index in [1.165, 1.54) is 11.1 Å². The second-order valence-electron chi connectivity index (χ2n) is 9.30. The molecule has 2 aromatic carbocycles. The Morgan fingerprint density at radius 1 is 1.07 bits per heavy atom. The van der Waals surface area contributed by atoms with Gasteiger partial charge in [-0.15, -0.1) is 6.08 Å². The summed E-state index contributed by atoms with van der Waals surface area (Å²) in [5.74, 6) is 0.156. The van der Waals surface area contributed by atoms with E-state index in [2.05, 4.69) is 100 Å². The van der Waals surface area contributed by atoms with Crippen LogP contribution in [0.3, 0.4) is 0 Å². The second kappa shape index (κ2) is 7.02. The van der Waals surface area contributed by atoms with Crippen LogP contribution >= 0.6 is 0 Å². The molecule has 0 amide bonds. The van der Waals surface area contributed by atoms with E-state index in [-0.39, 0.29) is 16.6 Å². The van der Waals surface area contributed by atoms with Crippen LogP contribution in [-0.4, -0.2) is 23.6 Å². The highest BCUT2D eigenvalue weighted by Crippen LogP contribution is 2.49. The minimum atomic E-state index is -0.167. The van der Waals surface area contributed by atoms with Crippen LogP contribution < -0.4 is 4.90 Å². The van der Waals surface area contributed by atoms with Crippen LogP contribution in [0.4, 0.5) is 11.4 Å². The molecule has 3 heteroatoms. The van der Waals surface area contributed by atoms with Crippen LogP contribution in [-0.2, 0) is 15.6 Å². The average Bonchev–Trinajstić information content (AvgIpc) is 3.02. The summed E-state index contributed by atoms with van der Waals surface area (Å²) in [5, 5.41) is 0. The molecule has 154 valence electrons. The highest BCUT2D eigenvalue weighted by atomic mass is 16.1. The highest BCUT2D eigenvalue weighted by molar-refractivity contribution is 5.85. The number of hydrogen-bond donors (Lipinski definition) is 0. The second-order valence-corrected chi connectivity index (χ2v) is 9.30. The third-order valence-corrected chi connectivity index (χ3v) is 6.49. The Labute approximate surface area is 180 Å². The quantitative estimate of drug-likeness (QED) is 0.488. The number of hydrogen-bond acceptors (Lipinski definition) is 2. The normalized spacial score (nSPS) is 20.2. The summed E-state index contributed by atoms with van der Waals surface area (Å²) < 4.78 is 2.03. The zero-order valence-electron chi connectivity index (χ0n) is 18.6. The summed E-state index contributed by atoms with van der Waals surface area (Å²) in [5.41, 5.74) is 5.68. The molecule has 0 N–H and O–H groups in total. The van der Waals surface area contributed by atoms with Gasteiger partial charge in [0, 0.05) is 22.2 Å². The first kappa shape index (κ1) is 20.2. The van der Waals surface area contributed by atoms with Gasteiger partial charge in [-0.2, -0.15) is 0 Å². The maximum atomic E-state index is 12.0. The molecule has 0 atom stereocenters. The summed E-state index contributed by atoms with van der Waals surface area (Å²) in [7, 11) is 0. The number of benzene rings is 2. The van der Waals surface area contributed by atoms with Crippen LogP contribution in [0.1, 0.15) is 45.7 Å². The smallest absolute Gasteiger partial charge is 0.149 e. The van der Waals surface area contributed by atoms with Crippen LogP contribution in [0.5, 0.6) is 0 Å². The van der Waals surface area contributed by atoms with Gasteiger partial charge in [-0.3, -0.25) is 9.37 Å². The molecular weight excluding hydrogens is 368 g/mol. The first-order valence-corrected chi connectivity index (χ1v) is 10.5. The zero-order valence-corrected chi connectivity index (χ0v) is 18.6. The largest absolute Gasteiger partial charge is 0.337 e. The van der Waals surface area contributed by atoms with Crippen LogP contribution in [0.15, 0.2) is 72.5 Å². The van der Waals surface area contributed by atoms with Crippen molar-refractivity contribution in [2.24, 2.45) is 0 Å². The molecule has 0 saturated carbocycles. The SMILES string of the molecule is C=[N+]1c2ccccc2C(C)(C)[C-]1C=CC=C1N(CC(C)=O)c2ccccc2C1(C)C. The van der Waals surface area contributed by atoms with Crippen LogP contribution in [0, 0.1) is 6.04 Å². The van der Waals surface area contributed by atoms with Crippen molar-refractivity contribution in [3.63, 3.8) is 0 Å². The van der Waals surface area contributed by atoms with Gasteiger partial charge in [0.05, 0.1) is 13.3 Å². The van der Waals surface area contributed by atoms with Crippen molar-refractivity contribution >= 4 is 23.9 Å². The number of nitrogens with zero attached hydrogens (tertiary/aromatic N) is 2. The summed E-state index contributed by atoms with van der Waals surface area (Å²) >= 11 is 0. The number of anilines is 1. The van der Waals surface area contributed by atoms with Gasteiger partial charge in [0.15, 0.2) is 0 Å². The topological polar surface area (TPSA) is 23.3 Å². The van der Waals surface area contributed by atoms with Gasteiger partial charge in [-0.05, 0) is 30.2 Å². The van der Waals surface area contributed by atoms with E-state index in [1.54, 1.807) is 6.92 Å². The number of ketones is 1. The molecule has 0 spiro atoms. The number of Topliss-reactive ketones (excluding diaryl/α,β-unsaturated/α-hetero) is 1. The lowest BCUT2D eigenvalue weighted by Crippen LogP contribution is -2.30. The monoisotopic (exact) mass is 398 g/mol. The molecule has 0 radical (unpaired) electrons. The van der Waals surface area contributed by atoms with E-state index in [4.69, 9.17) is 0 Å². The van der Waals surface area contributed by atoms with Crippen molar-refractivity contribution in [2.45, 2.75) is 45.4 Å². The first-order valence-electron chi connectivity index (χ1n) is 10.5. The summed E-state index contributed by atoms with van der Waals surface area (Å²) in [6.45, 7) is 15.2. The lowest BCUT2D eigenvalue weighted by atomic mass is 9.80. The standard InChI is InChI=1S/C27H30N2O/c1-19(30)18-29-23-15-10-8-13-21(23)27(4,5)25(29)17-11-16-24-26(2,3)20-12-7-9-14-22(20)28(24)6/h7-17H,6,18H2,1-5H3. The number of fused-ring (bicyclic) bond motifs is 2. The van der Waals surface area contributed by atoms with E-state index >= 15 is 0 Å². The van der Waals surface area contributed by atoms with Gasteiger partial charge in [0.2, 0.25) is 0 Å². The molecule has 0 fully saturated rings. The Kier molecular flexibility index (Phi) is 4.73. The maximum Gasteiger partial charge on any atom is 0.149 e. The molecule has 0 unspecified atom stereocenters. The molecule has 0 bridgehead atoms. The van der Waals surface area contributed by atoms with E-state index in [1.807, 2.05) is 10.6 Å². The van der Waals surface area contributed by atoms with Gasteiger partial charge in [0.1, 0.15) is 17.5 Å². The Balaban J connectivity index is 1.70. The fourth-order valence-electron chi connectivity index (χ4n) is 4.91. The Hall–Kier alpha value is -3.07. The number of allylic oxidation sites excluding steroid dienone is 3. The number of para-hydroxylation sites is 2. The van der Waals surface area contributed by atoms with Gasteiger partial charge in [-0.25, -0.2) is 0 Å². The third kappa shape index (κ3) is 3.00. The predicted molar refractivity (Wildman–Crippen MR) is 124 cm³/mol. The minimum absolute atomic E-state index is 0.111. The minimum Gasteiger partial charge on any atom is -0.337 e. The van der Waals surface area contributed by atoms with Crippen molar-refractivity contribution < 1.29 is 9.37 Å². The van der Waals surface area contributed by atoms with Gasteiger partial charge in [-0.1, -0.05) is 76.2 Å². The predicted octanol–water partition coefficient (Wildman–Crippen LogP) is 5.68. The molecule has 0 saturated heterocycles. The molecule has 2 aliphatic rings. The number of rotatable bonds is 4. The molecular formula is C27H30N2O. The number of carbonyl (C=O) groups is 1. The lowest BCUT2D eigenvalue weighted by molar-refractivity contribution is -0.405. The van der Waals surface area contributed by atoms with E-state index in [9.17, 15) is 4.79 Å². The van der Waals surface area contributed by atoms with Crippen molar-refractivity contribution in [3.05, 3.63) is 89.6 Å². The molecule has 2 aliphatic heterocycles. The maximum absolute atomic E-state index is 12.0. The molecule has 0 aliphatic carbocycles. The Bertz CT molecular complexity index is 1090. The fraction of sp³-hybridized carbons (Fsp3) is 0.296. The number of carbonyl (C=O) groups excluding carboxylic acids is 1. The summed E-state index contributed by atoms with van der Waals surface area (Å²) in [6, 6.07) is 18.0. The first-order chi connectivity index (χ1) is 14.2. The van der Waals surface area contributed by atoms with Crippen molar-refractivity contribution in [1.29, 1.82) is 0 Å².